The number of carbonyl (C=O) groups excluding carboxylic acids is 1. The number of carbonyl (C=O) groups is 1. The normalized spacial score (nSPS) is 16.6. The van der Waals surface area contributed by atoms with Crippen molar-refractivity contribution in [3.05, 3.63) is 52.0 Å². The first-order valence-corrected chi connectivity index (χ1v) is 10.3. The molecule has 1 aromatic carbocycles. The fourth-order valence-electron chi connectivity index (χ4n) is 3.80. The highest BCUT2D eigenvalue weighted by atomic mass is 32.1. The molecule has 0 saturated heterocycles. The number of nitrogens with zero attached hydrogens (tertiary/aromatic N) is 1. The Labute approximate surface area is 169 Å². The summed E-state index contributed by atoms with van der Waals surface area (Å²) in [5.41, 5.74) is 7.46. The average molecular weight is 419 g/mol. The molecular formula is C21H20F3N3OS. The molecule has 4 nitrogen and oxygen atoms in total. The number of aryl methyl sites for hydroxylation is 1. The zero-order chi connectivity index (χ0) is 20.8. The van der Waals surface area contributed by atoms with Crippen LogP contribution in [0.3, 0.4) is 0 Å². The molecule has 1 atom stereocenters. The van der Waals surface area contributed by atoms with Crippen LogP contribution in [0.4, 0.5) is 24.5 Å². The number of pyridine rings is 1. The van der Waals surface area contributed by atoms with Crippen LogP contribution < -0.4 is 11.1 Å². The number of nitrogens with two attached hydrogens (primary N) is 1. The summed E-state index contributed by atoms with van der Waals surface area (Å²) in [5.74, 6) is -0.0464. The minimum atomic E-state index is -4.56. The molecule has 0 bridgehead atoms. The van der Waals surface area contributed by atoms with E-state index in [1.165, 1.54) is 18.2 Å². The number of fused-ring (bicyclic) bond motifs is 2. The topological polar surface area (TPSA) is 68.0 Å². The van der Waals surface area contributed by atoms with Gasteiger partial charge in [-0.05, 0) is 48.9 Å². The third kappa shape index (κ3) is 3.69. The van der Waals surface area contributed by atoms with Gasteiger partial charge in [0.2, 0.25) is 0 Å². The molecule has 0 spiro atoms. The van der Waals surface area contributed by atoms with Gasteiger partial charge in [0.25, 0.3) is 5.91 Å². The molecule has 1 aliphatic rings. The molecule has 0 fully saturated rings. The monoisotopic (exact) mass is 419 g/mol. The van der Waals surface area contributed by atoms with Crippen LogP contribution >= 0.6 is 11.3 Å². The van der Waals surface area contributed by atoms with Crippen molar-refractivity contribution >= 4 is 38.8 Å². The summed E-state index contributed by atoms with van der Waals surface area (Å²) in [6, 6.07) is 6.88. The molecule has 4 rings (SSSR count). The number of aromatic nitrogens is 1. The molecule has 2 heterocycles. The first-order chi connectivity index (χ1) is 13.8. The second kappa shape index (κ2) is 7.33. The van der Waals surface area contributed by atoms with Gasteiger partial charge in [0.15, 0.2) is 0 Å². The lowest BCUT2D eigenvalue weighted by atomic mass is 9.85. The lowest BCUT2D eigenvalue weighted by Gasteiger charge is -2.22. The summed E-state index contributed by atoms with van der Waals surface area (Å²) in [6.45, 7) is 2.17. The number of amides is 1. The molecule has 0 aliphatic heterocycles. The number of hydrogen-bond acceptors (Lipinski definition) is 4. The highest BCUT2D eigenvalue weighted by Gasteiger charge is 2.34. The first-order valence-electron chi connectivity index (χ1n) is 9.46. The van der Waals surface area contributed by atoms with Crippen molar-refractivity contribution in [1.29, 1.82) is 0 Å². The third-order valence-corrected chi connectivity index (χ3v) is 6.57. The van der Waals surface area contributed by atoms with E-state index < -0.39 is 17.6 Å². The van der Waals surface area contributed by atoms with Gasteiger partial charge in [-0.3, -0.25) is 4.79 Å². The third-order valence-electron chi connectivity index (χ3n) is 5.45. The zero-order valence-corrected chi connectivity index (χ0v) is 16.6. The Morgan fingerprint density at radius 1 is 1.34 bits per heavy atom. The summed E-state index contributed by atoms with van der Waals surface area (Å²) in [5, 5.41) is 3.06. The SMILES string of the molecule is CC[C@H]1CCc2nc3sc(C(=O)Nc4ccccc4C(F)(F)F)c(N)c3cc2C1. The quantitative estimate of drug-likeness (QED) is 0.575. The van der Waals surface area contributed by atoms with E-state index in [0.717, 1.165) is 54.3 Å². The number of rotatable bonds is 3. The lowest BCUT2D eigenvalue weighted by molar-refractivity contribution is -0.136. The number of alkyl halides is 3. The Bertz CT molecular complexity index is 1090. The van der Waals surface area contributed by atoms with Crippen LogP contribution in [0.1, 0.15) is 46.3 Å². The zero-order valence-electron chi connectivity index (χ0n) is 15.8. The number of halogens is 3. The predicted octanol–water partition coefficient (Wildman–Crippen LogP) is 5.66. The Morgan fingerprint density at radius 3 is 2.83 bits per heavy atom. The van der Waals surface area contributed by atoms with Gasteiger partial charge < -0.3 is 11.1 Å². The molecule has 3 aromatic rings. The maximum atomic E-state index is 13.2. The van der Waals surface area contributed by atoms with E-state index in [4.69, 9.17) is 10.7 Å². The average Bonchev–Trinajstić information content (AvgIpc) is 3.01. The maximum absolute atomic E-state index is 13.2. The molecule has 29 heavy (non-hydrogen) atoms. The summed E-state index contributed by atoms with van der Waals surface area (Å²) in [6.07, 6.45) is -0.550. The van der Waals surface area contributed by atoms with Crippen LogP contribution in [0.5, 0.6) is 0 Å². The maximum Gasteiger partial charge on any atom is 0.418 e. The number of hydrogen-bond donors (Lipinski definition) is 2. The number of benzene rings is 1. The van der Waals surface area contributed by atoms with Crippen molar-refractivity contribution in [2.45, 2.75) is 38.8 Å². The summed E-state index contributed by atoms with van der Waals surface area (Å²) < 4.78 is 39.6. The van der Waals surface area contributed by atoms with Crippen molar-refractivity contribution in [2.24, 2.45) is 5.92 Å². The molecule has 1 amide bonds. The van der Waals surface area contributed by atoms with E-state index in [1.54, 1.807) is 0 Å². The largest absolute Gasteiger partial charge is 0.418 e. The van der Waals surface area contributed by atoms with Crippen molar-refractivity contribution in [3.63, 3.8) is 0 Å². The second-order valence-corrected chi connectivity index (χ2v) is 8.31. The van der Waals surface area contributed by atoms with Gasteiger partial charge in [0.1, 0.15) is 9.71 Å². The second-order valence-electron chi connectivity index (χ2n) is 7.31. The Kier molecular flexibility index (Phi) is 4.98. The summed E-state index contributed by atoms with van der Waals surface area (Å²) in [4.78, 5) is 18.2. The van der Waals surface area contributed by atoms with E-state index in [0.29, 0.717) is 16.1 Å². The van der Waals surface area contributed by atoms with E-state index in [9.17, 15) is 18.0 Å². The van der Waals surface area contributed by atoms with Crippen molar-refractivity contribution < 1.29 is 18.0 Å². The number of para-hydroxylation sites is 1. The molecule has 0 unspecified atom stereocenters. The van der Waals surface area contributed by atoms with Gasteiger partial charge in [0, 0.05) is 11.1 Å². The Morgan fingerprint density at radius 2 is 2.10 bits per heavy atom. The number of anilines is 2. The minimum absolute atomic E-state index is 0.180. The minimum Gasteiger partial charge on any atom is -0.397 e. The summed E-state index contributed by atoms with van der Waals surface area (Å²) >= 11 is 1.11. The highest BCUT2D eigenvalue weighted by Crippen LogP contribution is 2.38. The Balaban J connectivity index is 1.68. The van der Waals surface area contributed by atoms with Crippen LogP contribution in [0, 0.1) is 5.92 Å². The number of nitrogen functional groups attached to an aromatic ring is 1. The van der Waals surface area contributed by atoms with E-state index in [2.05, 4.69) is 12.2 Å². The van der Waals surface area contributed by atoms with E-state index in [-0.39, 0.29) is 16.3 Å². The number of thiophene rings is 1. The molecule has 1 aliphatic carbocycles. The van der Waals surface area contributed by atoms with Crippen molar-refractivity contribution in [2.75, 3.05) is 11.1 Å². The van der Waals surface area contributed by atoms with Gasteiger partial charge in [-0.2, -0.15) is 13.2 Å². The van der Waals surface area contributed by atoms with Gasteiger partial charge in [-0.15, -0.1) is 11.3 Å². The van der Waals surface area contributed by atoms with E-state index in [1.807, 2.05) is 6.07 Å². The molecular weight excluding hydrogens is 399 g/mol. The van der Waals surface area contributed by atoms with Crippen molar-refractivity contribution in [1.82, 2.24) is 4.98 Å². The fourth-order valence-corrected chi connectivity index (χ4v) is 4.79. The Hall–Kier alpha value is -2.61. The fraction of sp³-hybridized carbons (Fsp3) is 0.333. The van der Waals surface area contributed by atoms with Crippen LogP contribution in [0.2, 0.25) is 0 Å². The first kappa shape index (κ1) is 19.7. The smallest absolute Gasteiger partial charge is 0.397 e. The molecule has 0 radical (unpaired) electrons. The molecule has 8 heteroatoms. The molecule has 2 aromatic heterocycles. The van der Waals surface area contributed by atoms with Gasteiger partial charge >= 0.3 is 6.18 Å². The molecule has 152 valence electrons. The van der Waals surface area contributed by atoms with Crippen molar-refractivity contribution in [3.8, 4) is 0 Å². The van der Waals surface area contributed by atoms with E-state index >= 15 is 0 Å². The van der Waals surface area contributed by atoms with Gasteiger partial charge in [-0.1, -0.05) is 25.5 Å². The molecule has 3 N–H and O–H groups in total. The predicted molar refractivity (Wildman–Crippen MR) is 109 cm³/mol. The van der Waals surface area contributed by atoms with Crippen LogP contribution in [-0.4, -0.2) is 10.9 Å². The number of nitrogens with one attached hydrogen (secondary N) is 1. The van der Waals surface area contributed by atoms with Gasteiger partial charge in [-0.25, -0.2) is 4.98 Å². The van der Waals surface area contributed by atoms with Gasteiger partial charge in [0.05, 0.1) is 16.9 Å². The lowest BCUT2D eigenvalue weighted by Crippen LogP contribution is -2.16. The van der Waals surface area contributed by atoms with Crippen LogP contribution in [0.25, 0.3) is 10.2 Å². The van der Waals surface area contributed by atoms with Crippen LogP contribution in [0.15, 0.2) is 30.3 Å². The van der Waals surface area contributed by atoms with Crippen LogP contribution in [-0.2, 0) is 19.0 Å². The standard InChI is InChI=1S/C21H20F3N3OS/c1-2-11-7-8-15-12(9-11)10-13-17(25)18(29-20(13)27-15)19(28)26-16-6-4-3-5-14(16)21(22,23)24/h3-6,10-11H,2,7-9,25H2,1H3,(H,26,28)/t11-/m0/s1. The highest BCUT2D eigenvalue weighted by molar-refractivity contribution is 7.21. The molecule has 0 saturated carbocycles. The summed E-state index contributed by atoms with van der Waals surface area (Å²) in [7, 11) is 0.